The lowest BCUT2D eigenvalue weighted by Crippen LogP contribution is -2.21. The van der Waals surface area contributed by atoms with Crippen molar-refractivity contribution in [1.29, 1.82) is 0 Å². The highest BCUT2D eigenvalue weighted by Crippen LogP contribution is 2.32. The molecule has 0 radical (unpaired) electrons. The van der Waals surface area contributed by atoms with E-state index in [-0.39, 0.29) is 5.91 Å². The molecule has 3 aromatic rings. The summed E-state index contributed by atoms with van der Waals surface area (Å²) in [6.07, 6.45) is 3.47. The molecule has 3 aromatic heterocycles. The van der Waals surface area contributed by atoms with Crippen LogP contribution in [0.4, 0.5) is 5.13 Å². The highest BCUT2D eigenvalue weighted by atomic mass is 32.1. The first-order valence-corrected chi connectivity index (χ1v) is 8.45. The van der Waals surface area contributed by atoms with Crippen molar-refractivity contribution in [3.63, 3.8) is 0 Å². The monoisotopic (exact) mass is 329 g/mol. The minimum absolute atomic E-state index is 0.145. The predicted octanol–water partition coefficient (Wildman–Crippen LogP) is 2.89. The van der Waals surface area contributed by atoms with E-state index in [0.29, 0.717) is 5.56 Å². The summed E-state index contributed by atoms with van der Waals surface area (Å²) in [6, 6.07) is 1.85. The zero-order valence-electron chi connectivity index (χ0n) is 13.4. The van der Waals surface area contributed by atoms with Crippen LogP contribution < -0.4 is 10.2 Å². The quantitative estimate of drug-likeness (QED) is 0.755. The van der Waals surface area contributed by atoms with Gasteiger partial charge in [-0.3, -0.25) is 4.79 Å². The van der Waals surface area contributed by atoms with Gasteiger partial charge >= 0.3 is 0 Å². The van der Waals surface area contributed by atoms with Crippen molar-refractivity contribution in [3.8, 4) is 11.3 Å². The van der Waals surface area contributed by atoms with Gasteiger partial charge in [0.15, 0.2) is 5.13 Å². The normalized spacial score (nSPS) is 10.9. The fourth-order valence-corrected chi connectivity index (χ4v) is 3.47. The Bertz CT molecular complexity index is 834. The number of anilines is 1. The number of rotatable bonds is 5. The van der Waals surface area contributed by atoms with Crippen LogP contribution in [0.1, 0.15) is 24.2 Å². The lowest BCUT2D eigenvalue weighted by Gasteiger charge is -2.16. The first-order chi connectivity index (χ1) is 11.2. The van der Waals surface area contributed by atoms with E-state index in [4.69, 9.17) is 4.98 Å². The van der Waals surface area contributed by atoms with Crippen LogP contribution >= 0.6 is 11.3 Å². The molecule has 2 N–H and O–H groups in total. The number of fused-ring (bicyclic) bond motifs is 1. The topological polar surface area (TPSA) is 73.9 Å². The SMILES string of the molecule is CCN(CC)c1nc(-c2c[nH]c3ncc(C(=O)NC)cc23)cs1. The standard InChI is InChI=1S/C16H19N5OS/c1-4-21(5-2)16-20-13(9-23-16)12-8-19-14-11(12)6-10(7-18-14)15(22)17-3/h6-9H,4-5H2,1-3H3,(H,17,22)(H,18,19). The summed E-state index contributed by atoms with van der Waals surface area (Å²) in [5.41, 5.74) is 3.16. The summed E-state index contributed by atoms with van der Waals surface area (Å²) >= 11 is 1.63. The maximum Gasteiger partial charge on any atom is 0.252 e. The van der Waals surface area contributed by atoms with E-state index in [1.807, 2.05) is 17.6 Å². The van der Waals surface area contributed by atoms with Gasteiger partial charge < -0.3 is 15.2 Å². The number of thiazole rings is 1. The molecule has 0 aliphatic carbocycles. The maximum atomic E-state index is 11.8. The van der Waals surface area contributed by atoms with Crippen molar-refractivity contribution in [2.75, 3.05) is 25.0 Å². The van der Waals surface area contributed by atoms with E-state index in [0.717, 1.165) is 40.5 Å². The average Bonchev–Trinajstić information content (AvgIpc) is 3.21. The van der Waals surface area contributed by atoms with E-state index in [1.54, 1.807) is 24.6 Å². The van der Waals surface area contributed by atoms with Crippen molar-refractivity contribution in [1.82, 2.24) is 20.3 Å². The largest absolute Gasteiger partial charge is 0.355 e. The van der Waals surface area contributed by atoms with Gasteiger partial charge in [0.2, 0.25) is 0 Å². The molecule has 0 bridgehead atoms. The van der Waals surface area contributed by atoms with Crippen LogP contribution in [-0.2, 0) is 0 Å². The van der Waals surface area contributed by atoms with Crippen LogP contribution in [0.3, 0.4) is 0 Å². The van der Waals surface area contributed by atoms with Gasteiger partial charge in [0.05, 0.1) is 11.3 Å². The van der Waals surface area contributed by atoms with E-state index < -0.39 is 0 Å². The fraction of sp³-hybridized carbons (Fsp3) is 0.312. The first-order valence-electron chi connectivity index (χ1n) is 7.58. The van der Waals surface area contributed by atoms with Crippen molar-refractivity contribution >= 4 is 33.4 Å². The molecule has 3 heterocycles. The summed E-state index contributed by atoms with van der Waals surface area (Å²) in [5, 5.41) is 6.58. The van der Waals surface area contributed by atoms with Crippen molar-refractivity contribution in [3.05, 3.63) is 29.4 Å². The molecule has 0 saturated heterocycles. The number of H-pyrrole nitrogens is 1. The fourth-order valence-electron chi connectivity index (χ4n) is 2.51. The number of carbonyl (C=O) groups excluding carboxylic acids is 1. The van der Waals surface area contributed by atoms with Crippen LogP contribution in [-0.4, -0.2) is 41.0 Å². The average molecular weight is 329 g/mol. The number of pyridine rings is 1. The van der Waals surface area contributed by atoms with E-state index in [2.05, 4.69) is 34.0 Å². The lowest BCUT2D eigenvalue weighted by molar-refractivity contribution is 0.0963. The zero-order valence-corrected chi connectivity index (χ0v) is 14.2. The van der Waals surface area contributed by atoms with Gasteiger partial charge in [-0.15, -0.1) is 11.3 Å². The molecule has 120 valence electrons. The predicted molar refractivity (Wildman–Crippen MR) is 94.2 cm³/mol. The third-order valence-corrected chi connectivity index (χ3v) is 4.72. The Balaban J connectivity index is 2.04. The van der Waals surface area contributed by atoms with Crippen molar-refractivity contribution in [2.24, 2.45) is 0 Å². The molecule has 7 heteroatoms. The van der Waals surface area contributed by atoms with Crippen LogP contribution in [0.25, 0.3) is 22.3 Å². The molecule has 1 amide bonds. The summed E-state index contributed by atoms with van der Waals surface area (Å²) in [6.45, 7) is 6.10. The molecule has 0 saturated carbocycles. The summed E-state index contributed by atoms with van der Waals surface area (Å²) in [4.78, 5) is 26.2. The van der Waals surface area contributed by atoms with Gasteiger partial charge in [-0.1, -0.05) is 0 Å². The minimum Gasteiger partial charge on any atom is -0.355 e. The Morgan fingerprint density at radius 1 is 1.39 bits per heavy atom. The molecule has 0 aromatic carbocycles. The number of hydrogen-bond acceptors (Lipinski definition) is 5. The second-order valence-electron chi connectivity index (χ2n) is 5.09. The van der Waals surface area contributed by atoms with Crippen molar-refractivity contribution < 1.29 is 4.79 Å². The molecule has 0 atom stereocenters. The number of carbonyl (C=O) groups is 1. The van der Waals surface area contributed by atoms with Gasteiger partial charge in [-0.2, -0.15) is 0 Å². The number of aromatic nitrogens is 3. The third kappa shape index (κ3) is 2.79. The van der Waals surface area contributed by atoms with Gasteiger partial charge in [-0.25, -0.2) is 9.97 Å². The van der Waals surface area contributed by atoms with Crippen LogP contribution in [0.2, 0.25) is 0 Å². The second kappa shape index (κ2) is 6.37. The maximum absolute atomic E-state index is 11.8. The molecule has 0 fully saturated rings. The van der Waals surface area contributed by atoms with Gasteiger partial charge in [-0.05, 0) is 19.9 Å². The second-order valence-corrected chi connectivity index (χ2v) is 5.93. The van der Waals surface area contributed by atoms with E-state index >= 15 is 0 Å². The molecule has 0 aliphatic heterocycles. The van der Waals surface area contributed by atoms with E-state index in [1.165, 1.54) is 0 Å². The minimum atomic E-state index is -0.145. The lowest BCUT2D eigenvalue weighted by atomic mass is 10.1. The van der Waals surface area contributed by atoms with Crippen molar-refractivity contribution in [2.45, 2.75) is 13.8 Å². The number of hydrogen-bond donors (Lipinski definition) is 2. The summed E-state index contributed by atoms with van der Waals surface area (Å²) in [7, 11) is 1.61. The van der Waals surface area contributed by atoms with Gasteiger partial charge in [0.25, 0.3) is 5.91 Å². The highest BCUT2D eigenvalue weighted by Gasteiger charge is 2.14. The molecule has 0 spiro atoms. The first kappa shape index (κ1) is 15.5. The Morgan fingerprint density at radius 2 is 2.17 bits per heavy atom. The van der Waals surface area contributed by atoms with Crippen LogP contribution in [0, 0.1) is 0 Å². The summed E-state index contributed by atoms with van der Waals surface area (Å²) < 4.78 is 0. The highest BCUT2D eigenvalue weighted by molar-refractivity contribution is 7.14. The molecule has 0 unspecified atom stereocenters. The molecular weight excluding hydrogens is 310 g/mol. The van der Waals surface area contributed by atoms with Gasteiger partial charge in [0, 0.05) is 48.9 Å². The molecule has 3 rings (SSSR count). The smallest absolute Gasteiger partial charge is 0.252 e. The molecule has 23 heavy (non-hydrogen) atoms. The van der Waals surface area contributed by atoms with Crippen LogP contribution in [0.5, 0.6) is 0 Å². The summed E-state index contributed by atoms with van der Waals surface area (Å²) in [5.74, 6) is -0.145. The Kier molecular flexibility index (Phi) is 4.29. The number of nitrogens with zero attached hydrogens (tertiary/aromatic N) is 3. The Morgan fingerprint density at radius 3 is 2.87 bits per heavy atom. The Labute approximate surface area is 138 Å². The zero-order chi connectivity index (χ0) is 16.4. The van der Waals surface area contributed by atoms with E-state index in [9.17, 15) is 4.79 Å². The Hall–Kier alpha value is -2.41. The molecule has 0 aliphatic rings. The number of amides is 1. The third-order valence-electron chi connectivity index (χ3n) is 3.82. The van der Waals surface area contributed by atoms with Crippen LogP contribution in [0.15, 0.2) is 23.8 Å². The number of nitrogens with one attached hydrogen (secondary N) is 2. The van der Waals surface area contributed by atoms with Gasteiger partial charge in [0.1, 0.15) is 5.65 Å². The molecular formula is C16H19N5OS. The number of aromatic amines is 1. The molecule has 6 nitrogen and oxygen atoms in total.